The molecular formula is C14H20N2O3. The Labute approximate surface area is 112 Å². The number of nitrogens with two attached hydrogens (primary N) is 1. The molecule has 0 saturated heterocycles. The Morgan fingerprint density at radius 3 is 2.79 bits per heavy atom. The lowest BCUT2D eigenvalue weighted by molar-refractivity contribution is -0.384. The van der Waals surface area contributed by atoms with Gasteiger partial charge in [0.05, 0.1) is 10.6 Å². The molecule has 19 heavy (non-hydrogen) atoms. The first-order chi connectivity index (χ1) is 9.11. The number of nitrogens with zero attached hydrogens (tertiary/aromatic N) is 1. The summed E-state index contributed by atoms with van der Waals surface area (Å²) in [5.41, 5.74) is 6.18. The van der Waals surface area contributed by atoms with E-state index in [2.05, 4.69) is 6.92 Å². The van der Waals surface area contributed by atoms with Crippen LogP contribution in [-0.4, -0.2) is 11.0 Å². The SMILES string of the molecule is CCC1CCCCC1Oc1ccc([N+](=O)[O-])cc1N. The third kappa shape index (κ3) is 3.16. The first kappa shape index (κ1) is 13.6. The molecule has 2 N–H and O–H groups in total. The lowest BCUT2D eigenvalue weighted by Crippen LogP contribution is -2.30. The number of benzene rings is 1. The molecule has 0 heterocycles. The van der Waals surface area contributed by atoms with Crippen molar-refractivity contribution in [1.82, 2.24) is 0 Å². The van der Waals surface area contributed by atoms with Crippen molar-refractivity contribution in [1.29, 1.82) is 0 Å². The second kappa shape index (κ2) is 5.91. The summed E-state index contributed by atoms with van der Waals surface area (Å²) < 4.78 is 5.98. The molecule has 1 fully saturated rings. The van der Waals surface area contributed by atoms with Crippen LogP contribution in [0, 0.1) is 16.0 Å². The molecule has 0 radical (unpaired) electrons. The molecule has 1 saturated carbocycles. The summed E-state index contributed by atoms with van der Waals surface area (Å²) in [6, 6.07) is 4.41. The Hall–Kier alpha value is -1.78. The molecular weight excluding hydrogens is 244 g/mol. The van der Waals surface area contributed by atoms with Crippen LogP contribution < -0.4 is 10.5 Å². The summed E-state index contributed by atoms with van der Waals surface area (Å²) >= 11 is 0. The van der Waals surface area contributed by atoms with Crippen molar-refractivity contribution >= 4 is 11.4 Å². The van der Waals surface area contributed by atoms with Crippen molar-refractivity contribution in [2.24, 2.45) is 5.92 Å². The Morgan fingerprint density at radius 1 is 1.42 bits per heavy atom. The Balaban J connectivity index is 2.11. The molecule has 104 valence electrons. The number of anilines is 1. The van der Waals surface area contributed by atoms with Gasteiger partial charge in [0, 0.05) is 12.1 Å². The fourth-order valence-electron chi connectivity index (χ4n) is 2.72. The summed E-state index contributed by atoms with van der Waals surface area (Å²) in [5, 5.41) is 10.7. The normalized spacial score (nSPS) is 23.0. The second-order valence-electron chi connectivity index (χ2n) is 5.09. The average molecular weight is 264 g/mol. The predicted octanol–water partition coefficient (Wildman–Crippen LogP) is 3.52. The number of ether oxygens (including phenoxy) is 1. The van der Waals surface area contributed by atoms with E-state index in [1.165, 1.54) is 31.4 Å². The van der Waals surface area contributed by atoms with Gasteiger partial charge < -0.3 is 10.5 Å². The van der Waals surface area contributed by atoms with Gasteiger partial charge in [-0.1, -0.05) is 13.3 Å². The maximum atomic E-state index is 10.7. The van der Waals surface area contributed by atoms with Crippen LogP contribution in [0.1, 0.15) is 39.0 Å². The van der Waals surface area contributed by atoms with Crippen LogP contribution in [0.4, 0.5) is 11.4 Å². The molecule has 1 aromatic carbocycles. The van der Waals surface area contributed by atoms with Gasteiger partial charge >= 0.3 is 0 Å². The van der Waals surface area contributed by atoms with Crippen LogP contribution in [0.3, 0.4) is 0 Å². The lowest BCUT2D eigenvalue weighted by atomic mass is 9.85. The lowest BCUT2D eigenvalue weighted by Gasteiger charge is -2.31. The van der Waals surface area contributed by atoms with Crippen LogP contribution in [-0.2, 0) is 0 Å². The van der Waals surface area contributed by atoms with Crippen LogP contribution >= 0.6 is 0 Å². The number of nitrogen functional groups attached to an aromatic ring is 1. The Morgan fingerprint density at radius 2 is 2.16 bits per heavy atom. The molecule has 5 nitrogen and oxygen atoms in total. The number of hydrogen-bond acceptors (Lipinski definition) is 4. The molecule has 0 aliphatic heterocycles. The monoisotopic (exact) mass is 264 g/mol. The number of hydrogen-bond donors (Lipinski definition) is 1. The standard InChI is InChI=1S/C14H20N2O3/c1-2-10-5-3-4-6-13(10)19-14-8-7-11(16(17)18)9-12(14)15/h7-10,13H,2-6,15H2,1H3. The minimum absolute atomic E-state index is 0.000496. The second-order valence-corrected chi connectivity index (χ2v) is 5.09. The molecule has 0 bridgehead atoms. The van der Waals surface area contributed by atoms with E-state index in [-0.39, 0.29) is 11.8 Å². The number of nitro groups is 1. The van der Waals surface area contributed by atoms with Gasteiger partial charge in [0.15, 0.2) is 0 Å². The fraction of sp³-hybridized carbons (Fsp3) is 0.571. The van der Waals surface area contributed by atoms with Gasteiger partial charge in [0.1, 0.15) is 11.9 Å². The summed E-state index contributed by atoms with van der Waals surface area (Å²) in [4.78, 5) is 10.2. The van der Waals surface area contributed by atoms with Crippen LogP contribution in [0.25, 0.3) is 0 Å². The third-order valence-corrected chi connectivity index (χ3v) is 3.85. The summed E-state index contributed by atoms with van der Waals surface area (Å²) in [6.45, 7) is 2.17. The van der Waals surface area contributed by atoms with E-state index >= 15 is 0 Å². The van der Waals surface area contributed by atoms with Gasteiger partial charge in [-0.25, -0.2) is 0 Å². The van der Waals surface area contributed by atoms with Crippen LogP contribution in [0.2, 0.25) is 0 Å². The van der Waals surface area contributed by atoms with Crippen molar-refractivity contribution in [3.05, 3.63) is 28.3 Å². The third-order valence-electron chi connectivity index (χ3n) is 3.85. The zero-order valence-corrected chi connectivity index (χ0v) is 11.2. The zero-order chi connectivity index (χ0) is 13.8. The minimum atomic E-state index is -0.449. The van der Waals surface area contributed by atoms with Crippen molar-refractivity contribution in [3.8, 4) is 5.75 Å². The fourth-order valence-corrected chi connectivity index (χ4v) is 2.72. The first-order valence-corrected chi connectivity index (χ1v) is 6.82. The zero-order valence-electron chi connectivity index (χ0n) is 11.2. The molecule has 1 aliphatic rings. The van der Waals surface area contributed by atoms with Crippen molar-refractivity contribution < 1.29 is 9.66 Å². The molecule has 1 aromatic rings. The van der Waals surface area contributed by atoms with Gasteiger partial charge in [0.25, 0.3) is 5.69 Å². The molecule has 5 heteroatoms. The molecule has 2 unspecified atom stereocenters. The van der Waals surface area contributed by atoms with E-state index in [1.807, 2.05) is 0 Å². The van der Waals surface area contributed by atoms with Gasteiger partial charge in [-0.3, -0.25) is 10.1 Å². The maximum absolute atomic E-state index is 10.7. The number of rotatable bonds is 4. The van der Waals surface area contributed by atoms with E-state index in [4.69, 9.17) is 10.5 Å². The van der Waals surface area contributed by atoms with Crippen molar-refractivity contribution in [3.63, 3.8) is 0 Å². The highest BCUT2D eigenvalue weighted by Gasteiger charge is 2.26. The predicted molar refractivity (Wildman–Crippen MR) is 74.2 cm³/mol. The highest BCUT2D eigenvalue weighted by molar-refractivity contribution is 5.58. The van der Waals surface area contributed by atoms with Gasteiger partial charge in [-0.2, -0.15) is 0 Å². The molecule has 2 atom stereocenters. The van der Waals surface area contributed by atoms with Gasteiger partial charge in [0.2, 0.25) is 0 Å². The highest BCUT2D eigenvalue weighted by atomic mass is 16.6. The first-order valence-electron chi connectivity index (χ1n) is 6.82. The molecule has 0 amide bonds. The quantitative estimate of drug-likeness (QED) is 0.512. The average Bonchev–Trinajstić information content (AvgIpc) is 2.41. The van der Waals surface area contributed by atoms with E-state index in [0.717, 1.165) is 12.8 Å². The largest absolute Gasteiger partial charge is 0.488 e. The van der Waals surface area contributed by atoms with Gasteiger partial charge in [-0.15, -0.1) is 0 Å². The topological polar surface area (TPSA) is 78.4 Å². The number of non-ortho nitro benzene ring substituents is 1. The molecule has 0 aromatic heterocycles. The van der Waals surface area contributed by atoms with Gasteiger partial charge in [-0.05, 0) is 37.7 Å². The minimum Gasteiger partial charge on any atom is -0.488 e. The van der Waals surface area contributed by atoms with Crippen molar-refractivity contribution in [2.45, 2.75) is 45.1 Å². The van der Waals surface area contributed by atoms with E-state index in [1.54, 1.807) is 6.07 Å². The van der Waals surface area contributed by atoms with E-state index in [0.29, 0.717) is 17.4 Å². The Kier molecular flexibility index (Phi) is 4.24. The Bertz CT molecular complexity index is 462. The van der Waals surface area contributed by atoms with E-state index in [9.17, 15) is 10.1 Å². The molecule has 0 spiro atoms. The van der Waals surface area contributed by atoms with Crippen molar-refractivity contribution in [2.75, 3.05) is 5.73 Å². The maximum Gasteiger partial charge on any atom is 0.271 e. The summed E-state index contributed by atoms with van der Waals surface area (Å²) in [6.07, 6.45) is 5.94. The highest BCUT2D eigenvalue weighted by Crippen LogP contribution is 2.33. The van der Waals surface area contributed by atoms with E-state index < -0.39 is 4.92 Å². The smallest absolute Gasteiger partial charge is 0.271 e. The molecule has 2 rings (SSSR count). The summed E-state index contributed by atoms with van der Waals surface area (Å²) in [5.74, 6) is 1.12. The van der Waals surface area contributed by atoms with Crippen LogP contribution in [0.15, 0.2) is 18.2 Å². The van der Waals surface area contributed by atoms with Crippen LogP contribution in [0.5, 0.6) is 5.75 Å². The number of nitro benzene ring substituents is 1. The molecule has 1 aliphatic carbocycles. The summed E-state index contributed by atoms with van der Waals surface area (Å²) in [7, 11) is 0.